The van der Waals surface area contributed by atoms with Gasteiger partial charge in [0.25, 0.3) is 0 Å². The zero-order valence-electron chi connectivity index (χ0n) is 10.7. The Morgan fingerprint density at radius 3 is 1.80 bits per heavy atom. The van der Waals surface area contributed by atoms with E-state index in [-0.39, 0.29) is 17.6 Å². The fourth-order valence-electron chi connectivity index (χ4n) is 3.16. The Morgan fingerprint density at radius 1 is 1.20 bits per heavy atom. The molecule has 0 aromatic heterocycles. The normalized spacial score (nSPS) is 41.6. The summed E-state index contributed by atoms with van der Waals surface area (Å²) >= 11 is 0. The molecule has 0 aliphatic heterocycles. The Morgan fingerprint density at radius 2 is 1.67 bits per heavy atom. The summed E-state index contributed by atoms with van der Waals surface area (Å²) in [4.78, 5) is 0. The van der Waals surface area contributed by atoms with Gasteiger partial charge < -0.3 is 10.2 Å². The molecule has 2 aliphatic carbocycles. The lowest BCUT2D eigenvalue weighted by Gasteiger charge is -2.36. The molecule has 0 spiro atoms. The van der Waals surface area contributed by atoms with Gasteiger partial charge in [-0.05, 0) is 49.9 Å². The molecule has 2 fully saturated rings. The lowest BCUT2D eigenvalue weighted by molar-refractivity contribution is 0.0126. The van der Waals surface area contributed by atoms with Gasteiger partial charge in [0.15, 0.2) is 0 Å². The highest BCUT2D eigenvalue weighted by Gasteiger charge is 2.60. The first-order chi connectivity index (χ1) is 6.72. The molecule has 2 rings (SSSR count). The van der Waals surface area contributed by atoms with Gasteiger partial charge >= 0.3 is 0 Å². The largest absolute Gasteiger partial charge is 0.394 e. The van der Waals surface area contributed by atoms with Gasteiger partial charge in [-0.2, -0.15) is 0 Å². The van der Waals surface area contributed by atoms with Gasteiger partial charge in [-0.3, -0.25) is 0 Å². The third-order valence-corrected chi connectivity index (χ3v) is 4.75. The van der Waals surface area contributed by atoms with Crippen LogP contribution in [0.25, 0.3) is 0 Å². The molecule has 0 saturated heterocycles. The monoisotopic (exact) mass is 214 g/mol. The molecule has 0 aromatic carbocycles. The van der Waals surface area contributed by atoms with E-state index in [0.717, 1.165) is 12.3 Å². The number of fused-ring (bicyclic) bond motifs is 2. The molecule has 2 aliphatic rings. The predicted octanol–water partition coefficient (Wildman–Crippen LogP) is 2.58. The number of rotatable bonds is 0. The molecule has 3 atom stereocenters. The van der Waals surface area contributed by atoms with E-state index >= 15 is 0 Å². The summed E-state index contributed by atoms with van der Waals surface area (Å²) in [5.74, 6) is 0.780. The molecule has 0 radical (unpaired) electrons. The fourth-order valence-corrected chi connectivity index (χ4v) is 3.16. The minimum absolute atomic E-state index is 0.0313. The second-order valence-corrected chi connectivity index (χ2v) is 6.22. The van der Waals surface area contributed by atoms with E-state index in [1.165, 1.54) is 12.8 Å². The lowest BCUT2D eigenvalue weighted by atomic mass is 9.70. The van der Waals surface area contributed by atoms with Gasteiger partial charge in [-0.15, -0.1) is 0 Å². The van der Waals surface area contributed by atoms with Crippen LogP contribution >= 0.6 is 0 Å². The molecule has 90 valence electrons. The number of hydrogen-bond acceptors (Lipinski definition) is 2. The van der Waals surface area contributed by atoms with Crippen molar-refractivity contribution in [2.75, 3.05) is 0 Å². The van der Waals surface area contributed by atoms with Crippen LogP contribution in [-0.4, -0.2) is 22.4 Å². The summed E-state index contributed by atoms with van der Waals surface area (Å²) in [5.41, 5.74) is 0.601. The van der Waals surface area contributed by atoms with Gasteiger partial charge in [0.05, 0.1) is 6.10 Å². The summed E-state index contributed by atoms with van der Waals surface area (Å²) in [6, 6.07) is 0. The minimum atomic E-state index is -0.167. The van der Waals surface area contributed by atoms with Gasteiger partial charge in [-0.1, -0.05) is 20.8 Å². The molecule has 2 saturated carbocycles. The van der Waals surface area contributed by atoms with Crippen molar-refractivity contribution in [1.29, 1.82) is 0 Å². The second kappa shape index (κ2) is 4.06. The summed E-state index contributed by atoms with van der Waals surface area (Å²) in [5, 5.41) is 17.9. The van der Waals surface area contributed by atoms with E-state index in [1.807, 2.05) is 0 Å². The quantitative estimate of drug-likeness (QED) is 0.650. The van der Waals surface area contributed by atoms with Crippen LogP contribution in [0.1, 0.15) is 53.9 Å². The van der Waals surface area contributed by atoms with Crippen LogP contribution in [0, 0.1) is 16.7 Å². The average Bonchev–Trinajstić information content (AvgIpc) is 2.36. The maximum atomic E-state index is 9.81. The van der Waals surface area contributed by atoms with Crippen molar-refractivity contribution in [3.8, 4) is 0 Å². The van der Waals surface area contributed by atoms with Crippen LogP contribution in [0.5, 0.6) is 0 Å². The number of aliphatic hydroxyl groups is 2. The highest BCUT2D eigenvalue weighted by Crippen LogP contribution is 2.65. The SMILES string of the molecule is CC(C)O.CC1(C)[C@@H]2CC[C@@]1(C)[C@@H](O)C2. The second-order valence-electron chi connectivity index (χ2n) is 6.22. The smallest absolute Gasteiger partial charge is 0.0601 e. The van der Waals surface area contributed by atoms with Crippen molar-refractivity contribution in [1.82, 2.24) is 0 Å². The topological polar surface area (TPSA) is 40.5 Å². The Hall–Kier alpha value is -0.0800. The molecule has 2 bridgehead atoms. The molecule has 0 amide bonds. The average molecular weight is 214 g/mol. The maximum absolute atomic E-state index is 9.81. The lowest BCUT2D eigenvalue weighted by Crippen LogP contribution is -2.35. The Kier molecular flexibility index (Phi) is 3.52. The first-order valence-electron chi connectivity index (χ1n) is 6.08. The van der Waals surface area contributed by atoms with Crippen LogP contribution in [-0.2, 0) is 0 Å². The van der Waals surface area contributed by atoms with Gasteiger partial charge in [0.1, 0.15) is 0 Å². The highest BCUT2D eigenvalue weighted by atomic mass is 16.3. The van der Waals surface area contributed by atoms with E-state index < -0.39 is 0 Å². The zero-order chi connectivity index (χ0) is 11.9. The Labute approximate surface area is 93.7 Å². The Balaban J connectivity index is 0.000000245. The third kappa shape index (κ3) is 2.07. The maximum Gasteiger partial charge on any atom is 0.0601 e. The zero-order valence-corrected chi connectivity index (χ0v) is 10.7. The first kappa shape index (κ1) is 13.0. The van der Waals surface area contributed by atoms with Crippen LogP contribution in [0.4, 0.5) is 0 Å². The van der Waals surface area contributed by atoms with Crippen LogP contribution < -0.4 is 0 Å². The van der Waals surface area contributed by atoms with Crippen LogP contribution in [0.2, 0.25) is 0 Å². The molecular formula is C13H26O2. The highest BCUT2D eigenvalue weighted by molar-refractivity contribution is 5.10. The Bertz CT molecular complexity index is 220. The first-order valence-corrected chi connectivity index (χ1v) is 6.08. The van der Waals surface area contributed by atoms with Crippen molar-refractivity contribution >= 4 is 0 Å². The predicted molar refractivity (Wildman–Crippen MR) is 62.6 cm³/mol. The number of hydrogen-bond donors (Lipinski definition) is 2. The molecule has 0 unspecified atom stereocenters. The molecule has 15 heavy (non-hydrogen) atoms. The third-order valence-electron chi connectivity index (χ3n) is 4.75. The van der Waals surface area contributed by atoms with Gasteiger partial charge in [0.2, 0.25) is 0 Å². The van der Waals surface area contributed by atoms with Crippen molar-refractivity contribution in [3.63, 3.8) is 0 Å². The molecule has 2 heteroatoms. The minimum Gasteiger partial charge on any atom is -0.394 e. The van der Waals surface area contributed by atoms with Gasteiger partial charge in [0, 0.05) is 6.10 Å². The molecule has 0 heterocycles. The van der Waals surface area contributed by atoms with Gasteiger partial charge in [-0.25, -0.2) is 0 Å². The molecular weight excluding hydrogens is 188 g/mol. The standard InChI is InChI=1S/C10H18O.C3H8O/c1-9(2)7-4-5-10(9,3)8(11)6-7;1-3(2)4/h7-8,11H,4-6H2,1-3H3;3-4H,1-2H3/t7-,8+,10+;/m1./s1. The fraction of sp³-hybridized carbons (Fsp3) is 1.00. The van der Waals surface area contributed by atoms with Crippen molar-refractivity contribution in [3.05, 3.63) is 0 Å². The van der Waals surface area contributed by atoms with E-state index in [4.69, 9.17) is 5.11 Å². The molecule has 2 N–H and O–H groups in total. The molecule has 2 nitrogen and oxygen atoms in total. The number of aliphatic hydroxyl groups excluding tert-OH is 2. The summed E-state index contributed by atoms with van der Waals surface area (Å²) in [7, 11) is 0. The van der Waals surface area contributed by atoms with E-state index in [1.54, 1.807) is 13.8 Å². The van der Waals surface area contributed by atoms with E-state index in [0.29, 0.717) is 5.41 Å². The van der Waals surface area contributed by atoms with Crippen LogP contribution in [0.3, 0.4) is 0 Å². The van der Waals surface area contributed by atoms with Crippen LogP contribution in [0.15, 0.2) is 0 Å². The van der Waals surface area contributed by atoms with E-state index in [9.17, 15) is 5.11 Å². The van der Waals surface area contributed by atoms with E-state index in [2.05, 4.69) is 20.8 Å². The molecule has 0 aromatic rings. The van der Waals surface area contributed by atoms with Crippen molar-refractivity contribution < 1.29 is 10.2 Å². The summed E-state index contributed by atoms with van der Waals surface area (Å²) < 4.78 is 0. The van der Waals surface area contributed by atoms with Crippen molar-refractivity contribution in [2.45, 2.75) is 66.1 Å². The summed E-state index contributed by atoms with van der Waals surface area (Å²) in [6.45, 7) is 10.3. The summed E-state index contributed by atoms with van der Waals surface area (Å²) in [6.07, 6.45) is 3.41. The van der Waals surface area contributed by atoms with Crippen molar-refractivity contribution in [2.24, 2.45) is 16.7 Å².